The van der Waals surface area contributed by atoms with E-state index in [1.807, 2.05) is 36.6 Å². The predicted octanol–water partition coefficient (Wildman–Crippen LogP) is 3.07. The summed E-state index contributed by atoms with van der Waals surface area (Å²) < 4.78 is 5.19. The van der Waals surface area contributed by atoms with Gasteiger partial charge in [-0.15, -0.1) is 0 Å². The SMILES string of the molecule is CSCCC(NC(=O)OCc1ccccc1)C(=O)Nc1ccccn1. The van der Waals surface area contributed by atoms with Crippen LogP contribution in [-0.4, -0.2) is 35.0 Å². The lowest BCUT2D eigenvalue weighted by Crippen LogP contribution is -2.44. The van der Waals surface area contributed by atoms with Gasteiger partial charge in [0.2, 0.25) is 5.91 Å². The highest BCUT2D eigenvalue weighted by Crippen LogP contribution is 2.07. The van der Waals surface area contributed by atoms with Crippen molar-refractivity contribution in [1.82, 2.24) is 10.3 Å². The molecular weight excluding hydrogens is 338 g/mol. The molecule has 1 unspecified atom stereocenters. The summed E-state index contributed by atoms with van der Waals surface area (Å²) in [6.45, 7) is 0.157. The first-order valence-electron chi connectivity index (χ1n) is 7.87. The number of hydrogen-bond acceptors (Lipinski definition) is 5. The van der Waals surface area contributed by atoms with Crippen molar-refractivity contribution in [2.45, 2.75) is 19.1 Å². The van der Waals surface area contributed by atoms with Gasteiger partial charge in [-0.3, -0.25) is 4.79 Å². The van der Waals surface area contributed by atoms with Crippen molar-refractivity contribution in [3.63, 3.8) is 0 Å². The summed E-state index contributed by atoms with van der Waals surface area (Å²) in [6.07, 6.45) is 3.42. The number of benzene rings is 1. The zero-order valence-electron chi connectivity index (χ0n) is 14.0. The Morgan fingerprint density at radius 2 is 1.92 bits per heavy atom. The highest BCUT2D eigenvalue weighted by Gasteiger charge is 2.21. The molecule has 0 radical (unpaired) electrons. The van der Waals surface area contributed by atoms with E-state index in [4.69, 9.17) is 4.74 Å². The average molecular weight is 359 g/mol. The minimum atomic E-state index is -0.683. The number of rotatable bonds is 8. The number of nitrogens with one attached hydrogen (secondary N) is 2. The van der Waals surface area contributed by atoms with Gasteiger partial charge in [-0.25, -0.2) is 9.78 Å². The molecule has 2 aromatic rings. The second-order valence-electron chi connectivity index (χ2n) is 5.24. The van der Waals surface area contributed by atoms with Crippen molar-refractivity contribution in [2.24, 2.45) is 0 Å². The van der Waals surface area contributed by atoms with Gasteiger partial charge in [0.25, 0.3) is 0 Å². The van der Waals surface area contributed by atoms with Crippen LogP contribution in [0.3, 0.4) is 0 Å². The molecule has 25 heavy (non-hydrogen) atoms. The summed E-state index contributed by atoms with van der Waals surface area (Å²) in [4.78, 5) is 28.5. The van der Waals surface area contributed by atoms with Gasteiger partial charge >= 0.3 is 6.09 Å². The fraction of sp³-hybridized carbons (Fsp3) is 0.278. The predicted molar refractivity (Wildman–Crippen MR) is 99.4 cm³/mol. The second kappa shape index (κ2) is 10.4. The van der Waals surface area contributed by atoms with E-state index in [1.54, 1.807) is 36.2 Å². The number of carbonyl (C=O) groups excluding carboxylic acids is 2. The monoisotopic (exact) mass is 359 g/mol. The third-order valence-corrected chi connectivity index (χ3v) is 3.99. The number of pyridine rings is 1. The molecule has 0 spiro atoms. The number of carbonyl (C=O) groups is 2. The molecule has 0 aliphatic rings. The molecule has 0 saturated heterocycles. The Balaban J connectivity index is 1.89. The van der Waals surface area contributed by atoms with E-state index in [0.717, 1.165) is 11.3 Å². The zero-order chi connectivity index (χ0) is 17.9. The largest absolute Gasteiger partial charge is 0.445 e. The number of thioether (sulfide) groups is 1. The molecular formula is C18H21N3O3S. The number of nitrogens with zero attached hydrogens (tertiary/aromatic N) is 1. The minimum Gasteiger partial charge on any atom is -0.445 e. The van der Waals surface area contributed by atoms with Gasteiger partial charge in [0.1, 0.15) is 18.5 Å². The van der Waals surface area contributed by atoms with Crippen molar-refractivity contribution in [3.05, 3.63) is 60.3 Å². The van der Waals surface area contributed by atoms with E-state index < -0.39 is 12.1 Å². The molecule has 0 aliphatic heterocycles. The Morgan fingerprint density at radius 3 is 2.60 bits per heavy atom. The molecule has 2 N–H and O–H groups in total. The molecule has 0 fully saturated rings. The maximum absolute atomic E-state index is 12.4. The summed E-state index contributed by atoms with van der Waals surface area (Å²) in [6, 6.07) is 13.9. The quantitative estimate of drug-likeness (QED) is 0.757. The van der Waals surface area contributed by atoms with Gasteiger partial charge in [-0.05, 0) is 36.1 Å². The van der Waals surface area contributed by atoms with Gasteiger partial charge < -0.3 is 15.4 Å². The van der Waals surface area contributed by atoms with E-state index in [-0.39, 0.29) is 12.5 Å². The van der Waals surface area contributed by atoms with Crippen molar-refractivity contribution in [2.75, 3.05) is 17.3 Å². The minimum absolute atomic E-state index is 0.157. The second-order valence-corrected chi connectivity index (χ2v) is 6.23. The van der Waals surface area contributed by atoms with E-state index in [2.05, 4.69) is 15.6 Å². The summed E-state index contributed by atoms with van der Waals surface area (Å²) in [7, 11) is 0. The maximum atomic E-state index is 12.4. The topological polar surface area (TPSA) is 80.3 Å². The van der Waals surface area contributed by atoms with Crippen LogP contribution in [0, 0.1) is 0 Å². The lowest BCUT2D eigenvalue weighted by atomic mass is 10.2. The van der Waals surface area contributed by atoms with Crippen LogP contribution in [-0.2, 0) is 16.1 Å². The van der Waals surface area contributed by atoms with Gasteiger partial charge in [-0.1, -0.05) is 36.4 Å². The molecule has 132 valence electrons. The Morgan fingerprint density at radius 1 is 1.16 bits per heavy atom. The third-order valence-electron chi connectivity index (χ3n) is 3.35. The van der Waals surface area contributed by atoms with Crippen LogP contribution in [0.15, 0.2) is 54.7 Å². The molecule has 1 atom stereocenters. The van der Waals surface area contributed by atoms with Gasteiger partial charge in [0.05, 0.1) is 0 Å². The molecule has 0 bridgehead atoms. The highest BCUT2D eigenvalue weighted by atomic mass is 32.2. The molecule has 2 rings (SSSR count). The first-order valence-corrected chi connectivity index (χ1v) is 9.26. The first-order chi connectivity index (χ1) is 12.2. The van der Waals surface area contributed by atoms with Gasteiger partial charge in [0.15, 0.2) is 0 Å². The number of anilines is 1. The maximum Gasteiger partial charge on any atom is 0.408 e. The third kappa shape index (κ3) is 6.84. The number of hydrogen-bond donors (Lipinski definition) is 2. The Labute approximate surface area is 151 Å². The van der Waals surface area contributed by atoms with Crippen molar-refractivity contribution in [1.29, 1.82) is 0 Å². The van der Waals surface area contributed by atoms with Crippen LogP contribution >= 0.6 is 11.8 Å². The number of aromatic nitrogens is 1. The fourth-order valence-corrected chi connectivity index (χ4v) is 2.53. The van der Waals surface area contributed by atoms with E-state index in [9.17, 15) is 9.59 Å². The van der Waals surface area contributed by atoms with E-state index in [0.29, 0.717) is 12.2 Å². The molecule has 0 saturated carbocycles. The number of amides is 2. The molecule has 7 heteroatoms. The van der Waals surface area contributed by atoms with Crippen LogP contribution in [0.5, 0.6) is 0 Å². The standard InChI is InChI=1S/C18H21N3O3S/c1-25-12-10-15(17(22)21-16-9-5-6-11-19-16)20-18(23)24-13-14-7-3-2-4-8-14/h2-9,11,15H,10,12-13H2,1H3,(H,20,23)(H,19,21,22). The summed E-state index contributed by atoms with van der Waals surface area (Å²) in [5, 5.41) is 5.33. The lowest BCUT2D eigenvalue weighted by Gasteiger charge is -2.17. The van der Waals surface area contributed by atoms with E-state index in [1.165, 1.54) is 0 Å². The molecule has 2 amide bonds. The molecule has 1 aromatic heterocycles. The molecule has 0 aliphatic carbocycles. The molecule has 1 aromatic carbocycles. The zero-order valence-corrected chi connectivity index (χ0v) is 14.8. The Kier molecular flexibility index (Phi) is 7.78. The summed E-state index contributed by atoms with van der Waals surface area (Å²) in [5.41, 5.74) is 0.885. The smallest absolute Gasteiger partial charge is 0.408 e. The summed E-state index contributed by atoms with van der Waals surface area (Å²) >= 11 is 1.60. The number of alkyl carbamates (subject to hydrolysis) is 1. The molecule has 6 nitrogen and oxygen atoms in total. The first kappa shape index (κ1) is 18.8. The van der Waals surface area contributed by atoms with Crippen molar-refractivity contribution >= 4 is 29.6 Å². The van der Waals surface area contributed by atoms with Crippen molar-refractivity contribution < 1.29 is 14.3 Å². The van der Waals surface area contributed by atoms with Crippen molar-refractivity contribution in [3.8, 4) is 0 Å². The Hall–Kier alpha value is -2.54. The average Bonchev–Trinajstić information content (AvgIpc) is 2.65. The van der Waals surface area contributed by atoms with Gasteiger partial charge in [-0.2, -0.15) is 11.8 Å². The number of ether oxygens (including phenoxy) is 1. The van der Waals surface area contributed by atoms with Gasteiger partial charge in [0, 0.05) is 6.20 Å². The Bertz CT molecular complexity index is 668. The normalized spacial score (nSPS) is 11.4. The van der Waals surface area contributed by atoms with Crippen LogP contribution in [0.25, 0.3) is 0 Å². The van der Waals surface area contributed by atoms with Crippen LogP contribution in [0.1, 0.15) is 12.0 Å². The van der Waals surface area contributed by atoms with Crippen LogP contribution < -0.4 is 10.6 Å². The summed E-state index contributed by atoms with van der Waals surface area (Å²) in [5.74, 6) is 0.865. The van der Waals surface area contributed by atoms with E-state index >= 15 is 0 Å². The fourth-order valence-electron chi connectivity index (χ4n) is 2.06. The van der Waals surface area contributed by atoms with Crippen LogP contribution in [0.2, 0.25) is 0 Å². The molecule has 1 heterocycles. The van der Waals surface area contributed by atoms with Crippen LogP contribution in [0.4, 0.5) is 10.6 Å². The highest BCUT2D eigenvalue weighted by molar-refractivity contribution is 7.98. The lowest BCUT2D eigenvalue weighted by molar-refractivity contribution is -0.118.